The van der Waals surface area contributed by atoms with Crippen molar-refractivity contribution in [1.82, 2.24) is 9.62 Å². The lowest BCUT2D eigenvalue weighted by Crippen LogP contribution is -2.34. The first-order valence-corrected chi connectivity index (χ1v) is 7.51. The Balaban J connectivity index is 1.83. The van der Waals surface area contributed by atoms with Gasteiger partial charge in [-0.25, -0.2) is 13.1 Å². The predicted octanol–water partition coefficient (Wildman–Crippen LogP) is 0.0315. The molecule has 1 heterocycles. The maximum atomic E-state index is 11.9. The normalized spacial score (nSPS) is 21.3. The van der Waals surface area contributed by atoms with Gasteiger partial charge in [0.1, 0.15) is 0 Å². The molecule has 0 radical (unpaired) electrons. The fourth-order valence-corrected chi connectivity index (χ4v) is 3.08. The number of benzene rings is 1. The summed E-state index contributed by atoms with van der Waals surface area (Å²) in [5, 5.41) is 9.36. The van der Waals surface area contributed by atoms with Crippen molar-refractivity contribution in [1.29, 1.82) is 0 Å². The SMILES string of the molecule is O=S(=O)(NCCN1CC[C@@H](O)C1)c1ccccc1. The van der Waals surface area contributed by atoms with E-state index in [1.54, 1.807) is 30.3 Å². The second-order valence-corrected chi connectivity index (χ2v) is 6.22. The highest BCUT2D eigenvalue weighted by molar-refractivity contribution is 7.89. The van der Waals surface area contributed by atoms with Crippen LogP contribution in [0.4, 0.5) is 0 Å². The molecule has 1 saturated heterocycles. The number of nitrogens with zero attached hydrogens (tertiary/aromatic N) is 1. The quantitative estimate of drug-likeness (QED) is 0.792. The van der Waals surface area contributed by atoms with Crippen molar-refractivity contribution in [2.45, 2.75) is 17.4 Å². The molecule has 1 fully saturated rings. The first-order valence-electron chi connectivity index (χ1n) is 6.03. The molecule has 2 rings (SSSR count). The van der Waals surface area contributed by atoms with Crippen molar-refractivity contribution in [2.75, 3.05) is 26.2 Å². The van der Waals surface area contributed by atoms with Crippen LogP contribution in [0.25, 0.3) is 0 Å². The van der Waals surface area contributed by atoms with E-state index in [2.05, 4.69) is 9.62 Å². The number of rotatable bonds is 5. The molecule has 2 N–H and O–H groups in total. The summed E-state index contributed by atoms with van der Waals surface area (Å²) < 4.78 is 26.3. The van der Waals surface area contributed by atoms with Crippen LogP contribution < -0.4 is 4.72 Å². The zero-order valence-corrected chi connectivity index (χ0v) is 10.9. The van der Waals surface area contributed by atoms with E-state index in [0.717, 1.165) is 13.0 Å². The minimum atomic E-state index is -3.40. The Bertz CT molecular complexity index is 475. The molecule has 5 nitrogen and oxygen atoms in total. The highest BCUT2D eigenvalue weighted by atomic mass is 32.2. The van der Waals surface area contributed by atoms with E-state index in [4.69, 9.17) is 0 Å². The summed E-state index contributed by atoms with van der Waals surface area (Å²) in [7, 11) is -3.40. The number of sulfonamides is 1. The van der Waals surface area contributed by atoms with Crippen LogP contribution in [0.15, 0.2) is 35.2 Å². The van der Waals surface area contributed by atoms with Crippen LogP contribution in [0.2, 0.25) is 0 Å². The van der Waals surface area contributed by atoms with Crippen LogP contribution in [-0.2, 0) is 10.0 Å². The minimum absolute atomic E-state index is 0.268. The molecule has 18 heavy (non-hydrogen) atoms. The first-order chi connectivity index (χ1) is 8.58. The summed E-state index contributed by atoms with van der Waals surface area (Å²) in [6, 6.07) is 8.32. The predicted molar refractivity (Wildman–Crippen MR) is 68.7 cm³/mol. The van der Waals surface area contributed by atoms with Gasteiger partial charge in [-0.1, -0.05) is 18.2 Å². The molecular formula is C12H18N2O3S. The van der Waals surface area contributed by atoms with E-state index >= 15 is 0 Å². The van der Waals surface area contributed by atoms with Crippen LogP contribution in [0, 0.1) is 0 Å². The third-order valence-electron chi connectivity index (χ3n) is 3.02. The average molecular weight is 270 g/mol. The highest BCUT2D eigenvalue weighted by Gasteiger charge is 2.20. The molecule has 0 unspecified atom stereocenters. The van der Waals surface area contributed by atoms with Crippen molar-refractivity contribution in [3.8, 4) is 0 Å². The van der Waals surface area contributed by atoms with E-state index in [-0.39, 0.29) is 11.0 Å². The molecule has 0 spiro atoms. The van der Waals surface area contributed by atoms with Gasteiger partial charge in [-0.3, -0.25) is 4.90 Å². The van der Waals surface area contributed by atoms with Gasteiger partial charge in [0.25, 0.3) is 0 Å². The second kappa shape index (κ2) is 5.79. The van der Waals surface area contributed by atoms with Crippen molar-refractivity contribution in [2.24, 2.45) is 0 Å². The standard InChI is InChI=1S/C12H18N2O3S/c15-11-6-8-14(10-11)9-7-13-18(16,17)12-4-2-1-3-5-12/h1-5,11,13,15H,6-10H2/t11-/m1/s1. The summed E-state index contributed by atoms with van der Waals surface area (Å²) >= 11 is 0. The number of aliphatic hydroxyl groups excluding tert-OH is 1. The number of likely N-dealkylation sites (tertiary alicyclic amines) is 1. The maximum absolute atomic E-state index is 11.9. The lowest BCUT2D eigenvalue weighted by molar-refractivity contribution is 0.177. The molecule has 0 saturated carbocycles. The summed E-state index contributed by atoms with van der Waals surface area (Å²) in [6.45, 7) is 2.45. The van der Waals surface area contributed by atoms with E-state index in [9.17, 15) is 13.5 Å². The van der Waals surface area contributed by atoms with Crippen molar-refractivity contribution in [3.05, 3.63) is 30.3 Å². The number of hydrogen-bond acceptors (Lipinski definition) is 4. The number of nitrogens with one attached hydrogen (secondary N) is 1. The van der Waals surface area contributed by atoms with Gasteiger partial charge in [-0.2, -0.15) is 0 Å². The van der Waals surface area contributed by atoms with E-state index in [0.29, 0.717) is 19.6 Å². The fraction of sp³-hybridized carbons (Fsp3) is 0.500. The van der Waals surface area contributed by atoms with Gasteiger partial charge in [0.15, 0.2) is 0 Å². The Kier molecular flexibility index (Phi) is 4.34. The lowest BCUT2D eigenvalue weighted by Gasteiger charge is -2.15. The smallest absolute Gasteiger partial charge is 0.240 e. The molecule has 0 bridgehead atoms. The topological polar surface area (TPSA) is 69.6 Å². The third-order valence-corrected chi connectivity index (χ3v) is 4.50. The number of hydrogen-bond donors (Lipinski definition) is 2. The van der Waals surface area contributed by atoms with Gasteiger partial charge in [-0.05, 0) is 18.6 Å². The van der Waals surface area contributed by atoms with Crippen LogP contribution in [0.5, 0.6) is 0 Å². The summed E-state index contributed by atoms with van der Waals surface area (Å²) in [5.74, 6) is 0. The maximum Gasteiger partial charge on any atom is 0.240 e. The molecule has 0 amide bonds. The zero-order chi connectivity index (χ0) is 13.0. The Morgan fingerprint density at radius 3 is 2.67 bits per heavy atom. The summed E-state index contributed by atoms with van der Waals surface area (Å²) in [6.07, 6.45) is 0.501. The van der Waals surface area contributed by atoms with Gasteiger partial charge >= 0.3 is 0 Å². The second-order valence-electron chi connectivity index (χ2n) is 4.45. The molecule has 1 aliphatic heterocycles. The average Bonchev–Trinajstić information content (AvgIpc) is 2.76. The fourth-order valence-electron chi connectivity index (χ4n) is 2.04. The summed E-state index contributed by atoms with van der Waals surface area (Å²) in [4.78, 5) is 2.34. The van der Waals surface area contributed by atoms with Gasteiger partial charge in [0.2, 0.25) is 10.0 Å². The van der Waals surface area contributed by atoms with Gasteiger partial charge < -0.3 is 5.11 Å². The lowest BCUT2D eigenvalue weighted by atomic mass is 10.3. The third kappa shape index (κ3) is 3.52. The van der Waals surface area contributed by atoms with Gasteiger partial charge in [0, 0.05) is 26.2 Å². The Morgan fingerprint density at radius 1 is 1.33 bits per heavy atom. The molecule has 1 aromatic rings. The molecule has 6 heteroatoms. The Hall–Kier alpha value is -0.950. The molecule has 1 aromatic carbocycles. The van der Waals surface area contributed by atoms with Crippen LogP contribution in [-0.4, -0.2) is 50.7 Å². The number of β-amino-alcohol motifs (C(OH)–C–C–N with tert-alkyl or cyclic N) is 1. The van der Waals surface area contributed by atoms with Crippen molar-refractivity contribution < 1.29 is 13.5 Å². The minimum Gasteiger partial charge on any atom is -0.392 e. The molecular weight excluding hydrogens is 252 g/mol. The zero-order valence-electron chi connectivity index (χ0n) is 10.1. The van der Waals surface area contributed by atoms with Gasteiger partial charge in [0.05, 0.1) is 11.0 Å². The van der Waals surface area contributed by atoms with E-state index < -0.39 is 10.0 Å². The van der Waals surface area contributed by atoms with Crippen LogP contribution in [0.1, 0.15) is 6.42 Å². The molecule has 0 aromatic heterocycles. The molecule has 100 valence electrons. The first kappa shape index (κ1) is 13.5. The summed E-state index contributed by atoms with van der Waals surface area (Å²) in [5.41, 5.74) is 0. The number of aliphatic hydroxyl groups is 1. The Morgan fingerprint density at radius 2 is 2.06 bits per heavy atom. The van der Waals surface area contributed by atoms with Crippen molar-refractivity contribution in [3.63, 3.8) is 0 Å². The van der Waals surface area contributed by atoms with Crippen LogP contribution >= 0.6 is 0 Å². The monoisotopic (exact) mass is 270 g/mol. The van der Waals surface area contributed by atoms with Crippen LogP contribution in [0.3, 0.4) is 0 Å². The highest BCUT2D eigenvalue weighted by Crippen LogP contribution is 2.09. The Labute approximate surface area is 107 Å². The van der Waals surface area contributed by atoms with Crippen molar-refractivity contribution >= 4 is 10.0 Å². The molecule has 1 atom stereocenters. The van der Waals surface area contributed by atoms with E-state index in [1.165, 1.54) is 0 Å². The van der Waals surface area contributed by atoms with Gasteiger partial charge in [-0.15, -0.1) is 0 Å². The van der Waals surface area contributed by atoms with E-state index in [1.807, 2.05) is 0 Å². The molecule has 1 aliphatic rings. The largest absolute Gasteiger partial charge is 0.392 e. The molecule has 0 aliphatic carbocycles.